The van der Waals surface area contributed by atoms with Gasteiger partial charge in [-0.1, -0.05) is 6.07 Å². The van der Waals surface area contributed by atoms with Crippen molar-refractivity contribution in [3.63, 3.8) is 0 Å². The number of carbonyl (C=O) groups is 1. The molecule has 5 nitrogen and oxygen atoms in total. The molecule has 0 saturated heterocycles. The molecule has 3 heterocycles. The first-order chi connectivity index (χ1) is 10.7. The summed E-state index contributed by atoms with van der Waals surface area (Å²) in [7, 11) is 0. The average molecular weight is 310 g/mol. The van der Waals surface area contributed by atoms with Crippen molar-refractivity contribution in [2.24, 2.45) is 0 Å². The zero-order chi connectivity index (χ0) is 15.4. The second kappa shape index (κ2) is 6.44. The van der Waals surface area contributed by atoms with Gasteiger partial charge in [0, 0.05) is 29.5 Å². The molecule has 0 radical (unpaired) electrons. The lowest BCUT2D eigenvalue weighted by Gasteiger charge is -2.03. The van der Waals surface area contributed by atoms with E-state index >= 15 is 0 Å². The van der Waals surface area contributed by atoms with Gasteiger partial charge in [0.2, 0.25) is 5.91 Å². The highest BCUT2D eigenvalue weighted by Gasteiger charge is 2.09. The van der Waals surface area contributed by atoms with Crippen LogP contribution in [0.4, 0.5) is 5.82 Å². The molecular formula is C16H14N4OS. The lowest BCUT2D eigenvalue weighted by molar-refractivity contribution is -0.115. The average Bonchev–Trinajstić information content (AvgIpc) is 2.99. The van der Waals surface area contributed by atoms with Crippen LogP contribution in [0.15, 0.2) is 48.2 Å². The van der Waals surface area contributed by atoms with Gasteiger partial charge in [-0.25, -0.2) is 9.97 Å². The molecule has 3 aromatic heterocycles. The molecule has 22 heavy (non-hydrogen) atoms. The van der Waals surface area contributed by atoms with Crippen LogP contribution in [0.2, 0.25) is 0 Å². The molecule has 0 aliphatic carbocycles. The van der Waals surface area contributed by atoms with Crippen LogP contribution in [0.25, 0.3) is 10.6 Å². The highest BCUT2D eigenvalue weighted by molar-refractivity contribution is 7.13. The van der Waals surface area contributed by atoms with E-state index in [9.17, 15) is 4.79 Å². The van der Waals surface area contributed by atoms with Gasteiger partial charge >= 0.3 is 0 Å². The van der Waals surface area contributed by atoms with Gasteiger partial charge in [0.25, 0.3) is 0 Å². The number of hydrogen-bond acceptors (Lipinski definition) is 5. The molecule has 0 fully saturated rings. The third kappa shape index (κ3) is 3.53. The van der Waals surface area contributed by atoms with Crippen molar-refractivity contribution >= 4 is 23.1 Å². The van der Waals surface area contributed by atoms with Gasteiger partial charge in [0.1, 0.15) is 10.8 Å². The van der Waals surface area contributed by atoms with Gasteiger partial charge in [0.05, 0.1) is 12.1 Å². The number of thiazole rings is 1. The number of anilines is 1. The van der Waals surface area contributed by atoms with Crippen LogP contribution in [0.5, 0.6) is 0 Å². The molecule has 1 N–H and O–H groups in total. The van der Waals surface area contributed by atoms with E-state index in [1.165, 1.54) is 11.3 Å². The van der Waals surface area contributed by atoms with Crippen LogP contribution in [-0.2, 0) is 11.2 Å². The molecule has 1 amide bonds. The molecule has 3 rings (SSSR count). The van der Waals surface area contributed by atoms with Crippen LogP contribution >= 0.6 is 11.3 Å². The minimum absolute atomic E-state index is 0.126. The molecule has 110 valence electrons. The molecule has 6 heteroatoms. The summed E-state index contributed by atoms with van der Waals surface area (Å²) < 4.78 is 0. The van der Waals surface area contributed by atoms with E-state index in [1.807, 2.05) is 30.5 Å². The molecule has 0 aliphatic heterocycles. The zero-order valence-corrected chi connectivity index (χ0v) is 12.8. The Morgan fingerprint density at radius 1 is 1.27 bits per heavy atom. The summed E-state index contributed by atoms with van der Waals surface area (Å²) in [4.78, 5) is 24.7. The summed E-state index contributed by atoms with van der Waals surface area (Å²) in [6.07, 6.45) is 5.43. The van der Waals surface area contributed by atoms with Crippen molar-refractivity contribution in [3.8, 4) is 10.6 Å². The number of pyridine rings is 2. The first-order valence-electron chi connectivity index (χ1n) is 6.78. The summed E-state index contributed by atoms with van der Waals surface area (Å²) in [6, 6.07) is 7.51. The van der Waals surface area contributed by atoms with Crippen molar-refractivity contribution < 1.29 is 4.79 Å². The van der Waals surface area contributed by atoms with Crippen LogP contribution < -0.4 is 5.32 Å². The van der Waals surface area contributed by atoms with Crippen molar-refractivity contribution in [1.29, 1.82) is 0 Å². The van der Waals surface area contributed by atoms with E-state index in [0.717, 1.165) is 21.8 Å². The predicted molar refractivity (Wildman–Crippen MR) is 86.7 cm³/mol. The van der Waals surface area contributed by atoms with Crippen LogP contribution in [0.3, 0.4) is 0 Å². The Hall–Kier alpha value is -2.60. The number of hydrogen-bond donors (Lipinski definition) is 1. The van der Waals surface area contributed by atoms with E-state index in [-0.39, 0.29) is 12.3 Å². The van der Waals surface area contributed by atoms with Gasteiger partial charge in [0.15, 0.2) is 0 Å². The highest BCUT2D eigenvalue weighted by atomic mass is 32.1. The summed E-state index contributed by atoms with van der Waals surface area (Å²) >= 11 is 1.51. The zero-order valence-electron chi connectivity index (χ0n) is 12.0. The monoisotopic (exact) mass is 310 g/mol. The number of aryl methyl sites for hydroxylation is 1. The third-order valence-electron chi connectivity index (χ3n) is 2.98. The molecule has 0 spiro atoms. The number of nitrogens with one attached hydrogen (secondary N) is 1. The molecule has 0 aliphatic rings. The number of rotatable bonds is 4. The van der Waals surface area contributed by atoms with Gasteiger partial charge in [-0.3, -0.25) is 9.78 Å². The summed E-state index contributed by atoms with van der Waals surface area (Å²) in [5, 5.41) is 5.53. The quantitative estimate of drug-likeness (QED) is 0.804. The first-order valence-corrected chi connectivity index (χ1v) is 7.66. The Labute approximate surface area is 132 Å². The molecule has 0 bridgehead atoms. The van der Waals surface area contributed by atoms with Gasteiger partial charge in [-0.2, -0.15) is 0 Å². The lowest BCUT2D eigenvalue weighted by Crippen LogP contribution is -2.15. The van der Waals surface area contributed by atoms with Crippen LogP contribution in [0, 0.1) is 6.92 Å². The minimum atomic E-state index is -0.126. The smallest absolute Gasteiger partial charge is 0.231 e. The fourth-order valence-corrected chi connectivity index (χ4v) is 2.71. The molecule has 0 saturated carbocycles. The number of carbonyl (C=O) groups excluding carboxylic acids is 1. The van der Waals surface area contributed by atoms with E-state index in [1.54, 1.807) is 24.7 Å². The summed E-state index contributed by atoms with van der Waals surface area (Å²) in [5.41, 5.74) is 2.76. The Balaban J connectivity index is 1.65. The molecule has 0 aromatic carbocycles. The highest BCUT2D eigenvalue weighted by Crippen LogP contribution is 2.22. The summed E-state index contributed by atoms with van der Waals surface area (Å²) in [6.45, 7) is 1.95. The maximum atomic E-state index is 12.0. The minimum Gasteiger partial charge on any atom is -0.310 e. The van der Waals surface area contributed by atoms with Crippen molar-refractivity contribution in [1.82, 2.24) is 15.0 Å². The normalized spacial score (nSPS) is 10.4. The van der Waals surface area contributed by atoms with E-state index in [2.05, 4.69) is 20.3 Å². The summed E-state index contributed by atoms with van der Waals surface area (Å²) in [5.74, 6) is 0.428. The second-order valence-corrected chi connectivity index (χ2v) is 5.69. The number of amides is 1. The standard InChI is InChI=1S/C16H14N4OS/c1-11-4-5-14(18-8-11)20-15(21)7-13-10-22-16(19-13)12-3-2-6-17-9-12/h2-6,8-10H,7H2,1H3,(H,18,20,21). The fourth-order valence-electron chi connectivity index (χ4n) is 1.90. The van der Waals surface area contributed by atoms with Crippen molar-refractivity contribution in [3.05, 3.63) is 59.5 Å². The Morgan fingerprint density at radius 2 is 2.18 bits per heavy atom. The fraction of sp³-hybridized carbons (Fsp3) is 0.125. The van der Waals surface area contributed by atoms with Gasteiger partial charge < -0.3 is 5.32 Å². The predicted octanol–water partition coefficient (Wildman–Crippen LogP) is 3.09. The van der Waals surface area contributed by atoms with E-state index in [4.69, 9.17) is 0 Å². The Morgan fingerprint density at radius 3 is 2.91 bits per heavy atom. The van der Waals surface area contributed by atoms with E-state index < -0.39 is 0 Å². The Kier molecular flexibility index (Phi) is 4.20. The number of nitrogens with zero attached hydrogens (tertiary/aromatic N) is 3. The topological polar surface area (TPSA) is 67.8 Å². The maximum Gasteiger partial charge on any atom is 0.231 e. The van der Waals surface area contributed by atoms with Gasteiger partial charge in [-0.05, 0) is 30.7 Å². The molecule has 0 atom stereocenters. The van der Waals surface area contributed by atoms with Crippen molar-refractivity contribution in [2.45, 2.75) is 13.3 Å². The third-order valence-corrected chi connectivity index (χ3v) is 3.92. The second-order valence-electron chi connectivity index (χ2n) is 4.83. The Bertz CT molecular complexity index is 768. The number of aromatic nitrogens is 3. The largest absolute Gasteiger partial charge is 0.310 e. The molecule has 3 aromatic rings. The SMILES string of the molecule is Cc1ccc(NC(=O)Cc2csc(-c3cccnc3)n2)nc1. The lowest BCUT2D eigenvalue weighted by atomic mass is 10.3. The van der Waals surface area contributed by atoms with Crippen LogP contribution in [0.1, 0.15) is 11.3 Å². The van der Waals surface area contributed by atoms with Crippen LogP contribution in [-0.4, -0.2) is 20.9 Å². The van der Waals surface area contributed by atoms with E-state index in [0.29, 0.717) is 5.82 Å². The van der Waals surface area contributed by atoms with Crippen molar-refractivity contribution in [2.75, 3.05) is 5.32 Å². The molecule has 0 unspecified atom stereocenters. The maximum absolute atomic E-state index is 12.0. The first kappa shape index (κ1) is 14.3. The van der Waals surface area contributed by atoms with Gasteiger partial charge in [-0.15, -0.1) is 11.3 Å². The molecular weight excluding hydrogens is 296 g/mol.